The van der Waals surface area contributed by atoms with Crippen LogP contribution in [0.15, 0.2) is 23.1 Å². The third-order valence-electron chi connectivity index (χ3n) is 3.02. The number of hydrogen-bond acceptors (Lipinski definition) is 3. The molecule has 1 heterocycles. The average molecular weight is 240 g/mol. The van der Waals surface area contributed by atoms with Crippen LogP contribution in [0.2, 0.25) is 0 Å². The van der Waals surface area contributed by atoms with Gasteiger partial charge in [0.25, 0.3) is 0 Å². The van der Waals surface area contributed by atoms with Crippen LogP contribution >= 0.6 is 0 Å². The summed E-state index contributed by atoms with van der Waals surface area (Å²) < 4.78 is 26.1. The molecule has 2 rings (SSSR count). The van der Waals surface area contributed by atoms with Gasteiger partial charge in [0.1, 0.15) is 0 Å². The molecule has 16 heavy (non-hydrogen) atoms. The van der Waals surface area contributed by atoms with Crippen molar-refractivity contribution >= 4 is 10.0 Å². The molecule has 4 nitrogen and oxygen atoms in total. The Kier molecular flexibility index (Phi) is 3.01. The first-order chi connectivity index (χ1) is 7.56. The van der Waals surface area contributed by atoms with Gasteiger partial charge in [0.15, 0.2) is 0 Å². The zero-order chi connectivity index (χ0) is 11.8. The lowest BCUT2D eigenvalue weighted by Gasteiger charge is -2.25. The normalized spacial score (nSPS) is 20.5. The van der Waals surface area contributed by atoms with Crippen LogP contribution in [0.1, 0.15) is 24.1 Å². The molecule has 2 N–H and O–H groups in total. The predicted molar refractivity (Wildman–Crippen MR) is 62.8 cm³/mol. The van der Waals surface area contributed by atoms with Gasteiger partial charge in [0.2, 0.25) is 10.0 Å². The Morgan fingerprint density at radius 1 is 1.44 bits per heavy atom. The molecule has 0 amide bonds. The third-order valence-corrected chi connectivity index (χ3v) is 4.52. The van der Waals surface area contributed by atoms with E-state index in [2.05, 4.69) is 10.0 Å². The van der Waals surface area contributed by atoms with Crippen LogP contribution in [0.3, 0.4) is 0 Å². The van der Waals surface area contributed by atoms with E-state index in [0.717, 1.165) is 24.1 Å². The smallest absolute Gasteiger partial charge is 0.240 e. The van der Waals surface area contributed by atoms with E-state index in [-0.39, 0.29) is 6.04 Å². The molecule has 1 unspecified atom stereocenters. The molecule has 88 valence electrons. The van der Waals surface area contributed by atoms with Crippen molar-refractivity contribution in [2.24, 2.45) is 0 Å². The highest BCUT2D eigenvalue weighted by Gasteiger charge is 2.23. The zero-order valence-electron chi connectivity index (χ0n) is 9.45. The first-order valence-electron chi connectivity index (χ1n) is 5.35. The minimum Gasteiger partial charge on any atom is -0.310 e. The summed E-state index contributed by atoms with van der Waals surface area (Å²) >= 11 is 0. The lowest BCUT2D eigenvalue weighted by molar-refractivity contribution is 0.532. The topological polar surface area (TPSA) is 58.2 Å². The molecule has 0 saturated heterocycles. The molecule has 1 aliphatic heterocycles. The summed E-state index contributed by atoms with van der Waals surface area (Å²) in [6.45, 7) is 2.87. The Hall–Kier alpha value is -0.910. The number of benzene rings is 1. The van der Waals surface area contributed by atoms with E-state index in [1.807, 2.05) is 13.0 Å². The molecular weight excluding hydrogens is 224 g/mol. The molecule has 0 saturated carbocycles. The highest BCUT2D eigenvalue weighted by atomic mass is 32.2. The van der Waals surface area contributed by atoms with E-state index in [9.17, 15) is 8.42 Å². The second kappa shape index (κ2) is 4.16. The lowest BCUT2D eigenvalue weighted by Crippen LogP contribution is -2.30. The van der Waals surface area contributed by atoms with Crippen LogP contribution in [0.4, 0.5) is 0 Å². The molecular formula is C11H16N2O2S. The lowest BCUT2D eigenvalue weighted by atomic mass is 9.95. The van der Waals surface area contributed by atoms with Crippen molar-refractivity contribution in [1.29, 1.82) is 0 Å². The van der Waals surface area contributed by atoms with Crippen molar-refractivity contribution < 1.29 is 8.42 Å². The second-order valence-electron chi connectivity index (χ2n) is 3.96. The Balaban J connectivity index is 2.61. The van der Waals surface area contributed by atoms with E-state index in [0.29, 0.717) is 4.90 Å². The van der Waals surface area contributed by atoms with Gasteiger partial charge in [0, 0.05) is 6.04 Å². The highest BCUT2D eigenvalue weighted by molar-refractivity contribution is 7.89. The molecule has 0 spiro atoms. The molecule has 1 aromatic rings. The first-order valence-corrected chi connectivity index (χ1v) is 6.83. The molecule has 5 heteroatoms. The quantitative estimate of drug-likeness (QED) is 0.804. The van der Waals surface area contributed by atoms with Crippen LogP contribution in [-0.2, 0) is 16.4 Å². The van der Waals surface area contributed by atoms with Crippen LogP contribution < -0.4 is 10.0 Å². The molecule has 0 fully saturated rings. The van der Waals surface area contributed by atoms with E-state index < -0.39 is 10.0 Å². The second-order valence-corrected chi connectivity index (χ2v) is 5.81. The molecule has 0 bridgehead atoms. The van der Waals surface area contributed by atoms with Crippen LogP contribution in [0.25, 0.3) is 0 Å². The summed E-state index contributed by atoms with van der Waals surface area (Å²) in [7, 11) is -1.90. The first kappa shape index (κ1) is 11.6. The summed E-state index contributed by atoms with van der Waals surface area (Å²) in [5.74, 6) is 0. The summed E-state index contributed by atoms with van der Waals surface area (Å²) in [5.41, 5.74) is 2.03. The van der Waals surface area contributed by atoms with Gasteiger partial charge in [-0.15, -0.1) is 0 Å². The fourth-order valence-corrected chi connectivity index (χ4v) is 3.16. The van der Waals surface area contributed by atoms with Gasteiger partial charge in [-0.25, -0.2) is 13.1 Å². The van der Waals surface area contributed by atoms with E-state index in [1.165, 1.54) is 7.05 Å². The maximum Gasteiger partial charge on any atom is 0.240 e. The van der Waals surface area contributed by atoms with Gasteiger partial charge < -0.3 is 5.32 Å². The standard InChI is InChI=1S/C11H16N2O2S/c1-8-9-4-3-5-11(16(14,15)12-2)10(9)6-7-13-8/h3-5,8,12-13H,6-7H2,1-2H3. The fourth-order valence-electron chi connectivity index (χ4n) is 2.14. The number of sulfonamides is 1. The molecule has 0 aliphatic carbocycles. The van der Waals surface area contributed by atoms with Crippen LogP contribution in [0, 0.1) is 0 Å². The number of hydrogen-bond donors (Lipinski definition) is 2. The Bertz CT molecular complexity index is 497. The summed E-state index contributed by atoms with van der Waals surface area (Å²) in [6.07, 6.45) is 0.761. The molecule has 0 radical (unpaired) electrons. The largest absolute Gasteiger partial charge is 0.310 e. The monoisotopic (exact) mass is 240 g/mol. The van der Waals surface area contributed by atoms with Gasteiger partial charge in [-0.3, -0.25) is 0 Å². The zero-order valence-corrected chi connectivity index (χ0v) is 10.3. The molecule has 0 aromatic heterocycles. The van der Waals surface area contributed by atoms with Gasteiger partial charge in [0.05, 0.1) is 4.90 Å². The summed E-state index contributed by atoms with van der Waals surface area (Å²) in [4.78, 5) is 0.417. The Labute approximate surface area is 96.1 Å². The average Bonchev–Trinajstić information content (AvgIpc) is 2.29. The van der Waals surface area contributed by atoms with Crippen molar-refractivity contribution in [2.45, 2.75) is 24.3 Å². The maximum atomic E-state index is 11.8. The van der Waals surface area contributed by atoms with Gasteiger partial charge >= 0.3 is 0 Å². The number of nitrogens with one attached hydrogen (secondary N) is 2. The summed E-state index contributed by atoms with van der Waals surface area (Å²) in [6, 6.07) is 5.67. The highest BCUT2D eigenvalue weighted by Crippen LogP contribution is 2.27. The van der Waals surface area contributed by atoms with Gasteiger partial charge in [-0.05, 0) is 44.1 Å². The number of rotatable bonds is 2. The minimum atomic E-state index is -3.34. The molecule has 1 aliphatic rings. The van der Waals surface area contributed by atoms with E-state index >= 15 is 0 Å². The van der Waals surface area contributed by atoms with Crippen molar-refractivity contribution in [3.8, 4) is 0 Å². The van der Waals surface area contributed by atoms with Crippen molar-refractivity contribution in [3.63, 3.8) is 0 Å². The Morgan fingerprint density at radius 2 is 2.19 bits per heavy atom. The van der Waals surface area contributed by atoms with E-state index in [4.69, 9.17) is 0 Å². The van der Waals surface area contributed by atoms with Gasteiger partial charge in [-0.2, -0.15) is 0 Å². The predicted octanol–water partition coefficient (Wildman–Crippen LogP) is 0.801. The van der Waals surface area contributed by atoms with Crippen molar-refractivity contribution in [2.75, 3.05) is 13.6 Å². The minimum absolute atomic E-state index is 0.218. The Morgan fingerprint density at radius 3 is 2.88 bits per heavy atom. The van der Waals surface area contributed by atoms with Crippen LogP contribution in [0.5, 0.6) is 0 Å². The van der Waals surface area contributed by atoms with Gasteiger partial charge in [-0.1, -0.05) is 12.1 Å². The fraction of sp³-hybridized carbons (Fsp3) is 0.455. The molecule has 1 aromatic carbocycles. The third kappa shape index (κ3) is 1.86. The SMILES string of the molecule is CNS(=O)(=O)c1cccc2c1CCNC2C. The summed E-state index contributed by atoms with van der Waals surface area (Å²) in [5, 5.41) is 3.32. The maximum absolute atomic E-state index is 11.8. The van der Waals surface area contributed by atoms with Crippen molar-refractivity contribution in [1.82, 2.24) is 10.0 Å². The molecule has 1 atom stereocenters. The van der Waals surface area contributed by atoms with E-state index in [1.54, 1.807) is 12.1 Å². The van der Waals surface area contributed by atoms with Crippen molar-refractivity contribution in [3.05, 3.63) is 29.3 Å². The number of fused-ring (bicyclic) bond motifs is 1. The van der Waals surface area contributed by atoms with Crippen LogP contribution in [-0.4, -0.2) is 22.0 Å².